The van der Waals surface area contributed by atoms with Crippen LogP contribution in [0.3, 0.4) is 0 Å². The Morgan fingerprint density at radius 1 is 0.812 bits per heavy atom. The fraction of sp³-hybridized carbons (Fsp3) is 0.333. The lowest BCUT2D eigenvalue weighted by Crippen LogP contribution is -2.35. The van der Waals surface area contributed by atoms with E-state index < -0.39 is 0 Å². The normalized spacial score (nSPS) is 17.3. The first-order chi connectivity index (χ1) is 23.3. The lowest BCUT2D eigenvalue weighted by Gasteiger charge is -2.16. The monoisotopic (exact) mass is 688 g/mol. The maximum atomic E-state index is 11.6. The summed E-state index contributed by atoms with van der Waals surface area (Å²) in [5.41, 5.74) is 6.20. The first kappa shape index (κ1) is 33.7. The molecule has 48 heavy (non-hydrogen) atoms. The van der Waals surface area contributed by atoms with Gasteiger partial charge in [-0.05, 0) is 48.7 Å². The van der Waals surface area contributed by atoms with Gasteiger partial charge in [0.25, 0.3) is 0 Å². The van der Waals surface area contributed by atoms with Crippen LogP contribution in [0.5, 0.6) is 11.6 Å². The molecule has 2 aliphatic rings. The molecule has 2 atom stereocenters. The van der Waals surface area contributed by atoms with Crippen LogP contribution < -0.4 is 30.7 Å². The van der Waals surface area contributed by atoms with Gasteiger partial charge in [0, 0.05) is 85.1 Å². The molecule has 0 spiro atoms. The Labute approximate surface area is 289 Å². The molecule has 2 aromatic heterocycles. The van der Waals surface area contributed by atoms with E-state index in [4.69, 9.17) is 37.7 Å². The largest absolute Gasteiger partial charge is 0.497 e. The highest BCUT2D eigenvalue weighted by molar-refractivity contribution is 6.39. The van der Waals surface area contributed by atoms with Crippen molar-refractivity contribution in [1.29, 1.82) is 0 Å². The summed E-state index contributed by atoms with van der Waals surface area (Å²) < 4.78 is 11.3. The predicted molar refractivity (Wildman–Crippen MR) is 187 cm³/mol. The number of rotatable bonds is 13. The van der Waals surface area contributed by atoms with Crippen molar-refractivity contribution in [3.05, 3.63) is 82.0 Å². The van der Waals surface area contributed by atoms with Crippen molar-refractivity contribution in [1.82, 2.24) is 31.2 Å². The number of benzene rings is 2. The maximum absolute atomic E-state index is 11.6. The minimum absolute atomic E-state index is 0.0973. The molecular formula is C36H38Cl2N6O4. The van der Waals surface area contributed by atoms with Crippen LogP contribution in [0.2, 0.25) is 10.0 Å². The smallest absolute Gasteiger partial charge is 0.220 e. The van der Waals surface area contributed by atoms with Crippen LogP contribution in [-0.4, -0.2) is 61.2 Å². The fourth-order valence-corrected chi connectivity index (χ4v) is 6.82. The number of hydrogen-bond acceptors (Lipinski definition) is 8. The van der Waals surface area contributed by atoms with E-state index in [2.05, 4.69) is 26.3 Å². The molecule has 2 amide bonds. The van der Waals surface area contributed by atoms with Crippen molar-refractivity contribution in [2.75, 3.05) is 27.3 Å². The summed E-state index contributed by atoms with van der Waals surface area (Å²) in [6.07, 6.45) is 4.53. The average molecular weight is 690 g/mol. The van der Waals surface area contributed by atoms with Gasteiger partial charge in [0.1, 0.15) is 5.75 Å². The van der Waals surface area contributed by atoms with Crippen LogP contribution in [0, 0.1) is 0 Å². The molecule has 2 saturated heterocycles. The molecule has 0 saturated carbocycles. The minimum atomic E-state index is 0.0973. The number of pyridine rings is 2. The molecule has 4 heterocycles. The van der Waals surface area contributed by atoms with Crippen molar-refractivity contribution >= 4 is 35.0 Å². The van der Waals surface area contributed by atoms with Crippen LogP contribution in [0.4, 0.5) is 0 Å². The van der Waals surface area contributed by atoms with E-state index in [0.29, 0.717) is 72.1 Å². The number of carbonyl (C=O) groups is 2. The van der Waals surface area contributed by atoms with E-state index in [0.717, 1.165) is 46.2 Å². The fourth-order valence-electron chi connectivity index (χ4n) is 6.17. The summed E-state index contributed by atoms with van der Waals surface area (Å²) in [5.74, 6) is 1.38. The number of aromatic nitrogens is 2. The molecule has 2 fully saturated rings. The Bertz CT molecular complexity index is 1820. The van der Waals surface area contributed by atoms with Gasteiger partial charge in [0.15, 0.2) is 0 Å². The van der Waals surface area contributed by atoms with Gasteiger partial charge >= 0.3 is 0 Å². The molecule has 250 valence electrons. The summed E-state index contributed by atoms with van der Waals surface area (Å²) in [7, 11) is 3.22. The minimum Gasteiger partial charge on any atom is -0.497 e. The van der Waals surface area contributed by atoms with E-state index in [1.54, 1.807) is 20.4 Å². The number of hydrogen-bond donors (Lipinski definition) is 4. The molecular weight excluding hydrogens is 651 g/mol. The highest BCUT2D eigenvalue weighted by Crippen LogP contribution is 2.42. The Balaban J connectivity index is 1.23. The van der Waals surface area contributed by atoms with E-state index in [-0.39, 0.29) is 23.9 Å². The molecule has 12 heteroatoms. The number of carbonyl (C=O) groups excluding carboxylic acids is 2. The number of ether oxygens (including phenoxy) is 2. The zero-order valence-corrected chi connectivity index (χ0v) is 28.4. The number of methoxy groups -OCH3 is 2. The van der Waals surface area contributed by atoms with Gasteiger partial charge in [-0.2, -0.15) is 0 Å². The third-order valence-electron chi connectivity index (χ3n) is 8.66. The van der Waals surface area contributed by atoms with Gasteiger partial charge in [0.2, 0.25) is 17.7 Å². The first-order valence-corrected chi connectivity index (χ1v) is 16.7. The molecule has 0 unspecified atom stereocenters. The zero-order valence-electron chi connectivity index (χ0n) is 26.9. The third-order valence-corrected chi connectivity index (χ3v) is 9.45. The molecule has 10 nitrogen and oxygen atoms in total. The summed E-state index contributed by atoms with van der Waals surface area (Å²) in [6, 6.07) is 17.7. The lowest BCUT2D eigenvalue weighted by molar-refractivity contribution is -0.120. The number of nitrogens with zero attached hydrogens (tertiary/aromatic N) is 2. The Morgan fingerprint density at radius 2 is 1.50 bits per heavy atom. The third kappa shape index (κ3) is 7.73. The maximum Gasteiger partial charge on any atom is 0.220 e. The summed E-state index contributed by atoms with van der Waals surface area (Å²) in [5, 5.41) is 13.7. The topological polar surface area (TPSA) is 126 Å². The standard InChI is InChI=1S/C36H38Cl2N6O4/c1-47-26-15-21(17-39-19-24-7-10-31(45)42-24)14-23(16-26)35-34(38)28(12-13-41-35)27-4-3-5-29(33(27)37)30-9-6-22(36(44-30)48-2)18-40-20-25-8-11-32(46)43-25/h3-6,9,12-16,24-25,39-40H,7-8,10-11,17-20H2,1-2H3,(H,42,45)(H,43,46)/t24-,25-/m0/s1. The predicted octanol–water partition coefficient (Wildman–Crippen LogP) is 5.54. The van der Waals surface area contributed by atoms with Crippen LogP contribution in [-0.2, 0) is 22.7 Å². The van der Waals surface area contributed by atoms with Crippen molar-refractivity contribution < 1.29 is 19.1 Å². The van der Waals surface area contributed by atoms with Gasteiger partial charge in [-0.15, -0.1) is 0 Å². The second-order valence-electron chi connectivity index (χ2n) is 12.0. The quantitative estimate of drug-likeness (QED) is 0.144. The molecule has 2 aliphatic heterocycles. The summed E-state index contributed by atoms with van der Waals surface area (Å²) in [6.45, 7) is 2.50. The Kier molecular flexibility index (Phi) is 10.8. The number of halogens is 2. The lowest BCUT2D eigenvalue weighted by atomic mass is 9.99. The van der Waals surface area contributed by atoms with Crippen LogP contribution in [0.15, 0.2) is 60.8 Å². The molecule has 0 radical (unpaired) electrons. The van der Waals surface area contributed by atoms with Gasteiger partial charge < -0.3 is 30.7 Å². The summed E-state index contributed by atoms with van der Waals surface area (Å²) in [4.78, 5) is 32.5. The molecule has 0 aliphatic carbocycles. The van der Waals surface area contributed by atoms with Crippen LogP contribution in [0.1, 0.15) is 36.8 Å². The van der Waals surface area contributed by atoms with E-state index in [1.165, 1.54) is 0 Å². The number of amides is 2. The van der Waals surface area contributed by atoms with E-state index in [9.17, 15) is 9.59 Å². The molecule has 2 aromatic carbocycles. The van der Waals surface area contributed by atoms with Gasteiger partial charge in [-0.3, -0.25) is 14.6 Å². The molecule has 0 bridgehead atoms. The van der Waals surface area contributed by atoms with Crippen molar-refractivity contribution in [2.24, 2.45) is 0 Å². The van der Waals surface area contributed by atoms with Crippen LogP contribution >= 0.6 is 23.2 Å². The summed E-state index contributed by atoms with van der Waals surface area (Å²) >= 11 is 14.2. The highest BCUT2D eigenvalue weighted by atomic mass is 35.5. The SMILES string of the molecule is COc1cc(CNC[C@@H]2CCC(=O)N2)cc(-c2nccc(-c3cccc(-c4ccc(CNC[C@@H]5CCC(=O)N5)c(OC)n4)c3Cl)c2Cl)c1. The van der Waals surface area contributed by atoms with Crippen molar-refractivity contribution in [3.8, 4) is 45.3 Å². The van der Waals surface area contributed by atoms with Gasteiger partial charge in [0.05, 0.1) is 35.7 Å². The highest BCUT2D eigenvalue weighted by Gasteiger charge is 2.22. The van der Waals surface area contributed by atoms with Gasteiger partial charge in [-0.1, -0.05) is 47.5 Å². The van der Waals surface area contributed by atoms with Crippen molar-refractivity contribution in [3.63, 3.8) is 0 Å². The average Bonchev–Trinajstić information content (AvgIpc) is 3.71. The van der Waals surface area contributed by atoms with E-state index in [1.807, 2.05) is 54.6 Å². The molecule has 4 aromatic rings. The van der Waals surface area contributed by atoms with E-state index >= 15 is 0 Å². The first-order valence-electron chi connectivity index (χ1n) is 16.0. The van der Waals surface area contributed by atoms with Crippen LogP contribution in [0.25, 0.3) is 33.6 Å². The zero-order chi connectivity index (χ0) is 33.6. The second kappa shape index (κ2) is 15.3. The molecule has 4 N–H and O–H groups in total. The molecule has 6 rings (SSSR count). The Hall–Kier alpha value is -4.22. The van der Waals surface area contributed by atoms with Crippen molar-refractivity contribution in [2.45, 2.75) is 50.9 Å². The Morgan fingerprint density at radius 3 is 2.17 bits per heavy atom. The number of nitrogens with one attached hydrogen (secondary N) is 4. The van der Waals surface area contributed by atoms with Gasteiger partial charge in [-0.25, -0.2) is 4.98 Å². The second-order valence-corrected chi connectivity index (χ2v) is 12.7.